The van der Waals surface area contributed by atoms with Crippen LogP contribution in [0.1, 0.15) is 33.3 Å². The van der Waals surface area contributed by atoms with Gasteiger partial charge in [-0.15, -0.1) is 11.3 Å². The fourth-order valence-corrected chi connectivity index (χ4v) is 4.07. The van der Waals surface area contributed by atoms with E-state index in [1.54, 1.807) is 35.6 Å². The van der Waals surface area contributed by atoms with Crippen molar-refractivity contribution in [1.82, 2.24) is 4.57 Å². The fraction of sp³-hybridized carbons (Fsp3) is 0.0909. The number of benzene rings is 2. The SMILES string of the molecule is CC(=O)c1cccc(NC(=O)c2cc3sccc3n2Cc2ccc(Cl)cc2)c1. The van der Waals surface area contributed by atoms with Gasteiger partial charge in [0.15, 0.2) is 5.78 Å². The highest BCUT2D eigenvalue weighted by Crippen LogP contribution is 2.27. The molecule has 0 saturated heterocycles. The number of rotatable bonds is 5. The summed E-state index contributed by atoms with van der Waals surface area (Å²) in [5.74, 6) is -0.249. The van der Waals surface area contributed by atoms with Crippen molar-refractivity contribution in [2.24, 2.45) is 0 Å². The molecule has 0 aliphatic rings. The molecule has 0 fully saturated rings. The Labute approximate surface area is 171 Å². The number of aromatic nitrogens is 1. The highest BCUT2D eigenvalue weighted by molar-refractivity contribution is 7.17. The molecule has 0 saturated carbocycles. The third-order valence-corrected chi connectivity index (χ3v) is 5.64. The van der Waals surface area contributed by atoms with Gasteiger partial charge in [0.2, 0.25) is 0 Å². The quantitative estimate of drug-likeness (QED) is 0.420. The molecule has 4 aromatic rings. The number of nitrogens with one attached hydrogen (secondary N) is 1. The van der Waals surface area contributed by atoms with Crippen molar-refractivity contribution in [3.05, 3.63) is 87.9 Å². The molecule has 140 valence electrons. The molecular formula is C22H17ClN2O2S. The summed E-state index contributed by atoms with van der Waals surface area (Å²) in [4.78, 5) is 24.6. The van der Waals surface area contributed by atoms with E-state index in [1.165, 1.54) is 6.92 Å². The summed E-state index contributed by atoms with van der Waals surface area (Å²) in [7, 11) is 0. The molecule has 2 aromatic heterocycles. The second-order valence-electron chi connectivity index (χ2n) is 6.50. The Morgan fingerprint density at radius 1 is 1.07 bits per heavy atom. The molecule has 0 aliphatic heterocycles. The van der Waals surface area contributed by atoms with Crippen molar-refractivity contribution in [3.8, 4) is 0 Å². The van der Waals surface area contributed by atoms with E-state index in [-0.39, 0.29) is 11.7 Å². The first-order valence-electron chi connectivity index (χ1n) is 8.75. The number of amides is 1. The molecule has 28 heavy (non-hydrogen) atoms. The van der Waals surface area contributed by atoms with Crippen LogP contribution in [-0.2, 0) is 6.54 Å². The van der Waals surface area contributed by atoms with Gasteiger partial charge in [-0.2, -0.15) is 0 Å². The van der Waals surface area contributed by atoms with Gasteiger partial charge >= 0.3 is 0 Å². The zero-order valence-corrected chi connectivity index (χ0v) is 16.7. The van der Waals surface area contributed by atoms with Crippen molar-refractivity contribution in [2.45, 2.75) is 13.5 Å². The number of carbonyl (C=O) groups excluding carboxylic acids is 2. The van der Waals surface area contributed by atoms with E-state index in [0.717, 1.165) is 15.8 Å². The molecule has 1 N–H and O–H groups in total. The number of carbonyl (C=O) groups is 2. The van der Waals surface area contributed by atoms with Gasteiger partial charge in [-0.05, 0) is 54.3 Å². The summed E-state index contributed by atoms with van der Waals surface area (Å²) >= 11 is 7.58. The molecule has 0 unspecified atom stereocenters. The minimum absolute atomic E-state index is 0.0391. The molecule has 0 spiro atoms. The molecule has 0 radical (unpaired) electrons. The number of halogens is 1. The lowest BCUT2D eigenvalue weighted by Gasteiger charge is -2.11. The molecule has 0 atom stereocenters. The van der Waals surface area contributed by atoms with Crippen molar-refractivity contribution in [3.63, 3.8) is 0 Å². The van der Waals surface area contributed by atoms with Gasteiger partial charge in [0.1, 0.15) is 5.69 Å². The van der Waals surface area contributed by atoms with E-state index in [1.807, 2.05) is 46.3 Å². The third-order valence-electron chi connectivity index (χ3n) is 4.54. The van der Waals surface area contributed by atoms with Gasteiger partial charge in [-0.1, -0.05) is 35.9 Å². The van der Waals surface area contributed by atoms with Crippen molar-refractivity contribution >= 4 is 50.5 Å². The van der Waals surface area contributed by atoms with Crippen LogP contribution >= 0.6 is 22.9 Å². The lowest BCUT2D eigenvalue weighted by atomic mass is 10.1. The summed E-state index contributed by atoms with van der Waals surface area (Å²) in [6.45, 7) is 2.07. The van der Waals surface area contributed by atoms with E-state index in [2.05, 4.69) is 5.32 Å². The minimum Gasteiger partial charge on any atom is -0.331 e. The van der Waals surface area contributed by atoms with Crippen LogP contribution in [0.5, 0.6) is 0 Å². The second kappa shape index (κ2) is 7.62. The number of Topliss-reactive ketones (excluding diaryl/α,β-unsaturated/α-hetero) is 1. The van der Waals surface area contributed by atoms with E-state index < -0.39 is 0 Å². The normalized spacial score (nSPS) is 10.9. The Kier molecular flexibility index (Phi) is 5.03. The van der Waals surface area contributed by atoms with Crippen molar-refractivity contribution < 1.29 is 9.59 Å². The molecule has 6 heteroatoms. The Morgan fingerprint density at radius 3 is 2.61 bits per heavy atom. The molecule has 0 aliphatic carbocycles. The molecular weight excluding hydrogens is 392 g/mol. The summed E-state index contributed by atoms with van der Waals surface area (Å²) in [5, 5.41) is 5.61. The van der Waals surface area contributed by atoms with Crippen LogP contribution in [0.15, 0.2) is 66.0 Å². The monoisotopic (exact) mass is 408 g/mol. The van der Waals surface area contributed by atoms with Gasteiger partial charge in [-0.25, -0.2) is 0 Å². The number of nitrogens with zero attached hydrogens (tertiary/aromatic N) is 1. The lowest BCUT2D eigenvalue weighted by Crippen LogP contribution is -2.17. The summed E-state index contributed by atoms with van der Waals surface area (Å²) in [5.41, 5.74) is 3.81. The zero-order valence-electron chi connectivity index (χ0n) is 15.1. The standard InChI is InChI=1S/C22H17ClN2O2S/c1-14(26)16-3-2-4-18(11-16)24-22(27)20-12-21-19(9-10-28-21)25(20)13-15-5-7-17(23)8-6-15/h2-12H,13H2,1H3,(H,24,27). The predicted molar refractivity (Wildman–Crippen MR) is 115 cm³/mol. The van der Waals surface area contributed by atoms with Gasteiger partial charge in [0.05, 0.1) is 10.2 Å². The molecule has 2 heterocycles. The van der Waals surface area contributed by atoms with E-state index in [0.29, 0.717) is 28.5 Å². The van der Waals surface area contributed by atoms with Crippen molar-refractivity contribution in [2.75, 3.05) is 5.32 Å². The Balaban J connectivity index is 1.67. The largest absolute Gasteiger partial charge is 0.331 e. The summed E-state index contributed by atoms with van der Waals surface area (Å²) in [6, 6.07) is 18.5. The van der Waals surface area contributed by atoms with Crippen LogP contribution < -0.4 is 5.32 Å². The maximum absolute atomic E-state index is 13.0. The summed E-state index contributed by atoms with van der Waals surface area (Å²) < 4.78 is 3.05. The van der Waals surface area contributed by atoms with Crippen LogP contribution in [0, 0.1) is 0 Å². The maximum Gasteiger partial charge on any atom is 0.272 e. The van der Waals surface area contributed by atoms with Gasteiger partial charge in [0, 0.05) is 22.8 Å². The van der Waals surface area contributed by atoms with E-state index in [9.17, 15) is 9.59 Å². The van der Waals surface area contributed by atoms with Crippen molar-refractivity contribution in [1.29, 1.82) is 0 Å². The maximum atomic E-state index is 13.0. The van der Waals surface area contributed by atoms with Crippen LogP contribution in [0.3, 0.4) is 0 Å². The number of thiophene rings is 1. The second-order valence-corrected chi connectivity index (χ2v) is 7.89. The number of hydrogen-bond acceptors (Lipinski definition) is 3. The van der Waals surface area contributed by atoms with Crippen LogP contribution in [0.25, 0.3) is 10.2 Å². The first kappa shape index (κ1) is 18.5. The molecule has 0 bridgehead atoms. The average Bonchev–Trinajstić information content (AvgIpc) is 3.26. The number of fused-ring (bicyclic) bond motifs is 1. The Hall–Kier alpha value is -2.89. The lowest BCUT2D eigenvalue weighted by molar-refractivity contribution is 0.100. The van der Waals surface area contributed by atoms with Crippen LogP contribution in [0.2, 0.25) is 5.02 Å². The van der Waals surface area contributed by atoms with E-state index in [4.69, 9.17) is 11.6 Å². The average molecular weight is 409 g/mol. The van der Waals surface area contributed by atoms with Gasteiger partial charge in [-0.3, -0.25) is 9.59 Å². The third kappa shape index (κ3) is 3.72. The highest BCUT2D eigenvalue weighted by atomic mass is 35.5. The van der Waals surface area contributed by atoms with Gasteiger partial charge in [0.25, 0.3) is 5.91 Å². The predicted octanol–water partition coefficient (Wildman–Crippen LogP) is 5.86. The molecule has 2 aromatic carbocycles. The minimum atomic E-state index is -0.210. The Morgan fingerprint density at radius 2 is 1.86 bits per heavy atom. The number of hydrogen-bond donors (Lipinski definition) is 1. The molecule has 4 nitrogen and oxygen atoms in total. The van der Waals surface area contributed by atoms with Gasteiger partial charge < -0.3 is 9.88 Å². The highest BCUT2D eigenvalue weighted by Gasteiger charge is 2.17. The smallest absolute Gasteiger partial charge is 0.272 e. The zero-order chi connectivity index (χ0) is 19.7. The first-order valence-corrected chi connectivity index (χ1v) is 10.0. The van der Waals surface area contributed by atoms with E-state index >= 15 is 0 Å². The Bertz CT molecular complexity index is 1170. The van der Waals surface area contributed by atoms with Crippen LogP contribution in [0.4, 0.5) is 5.69 Å². The van der Waals surface area contributed by atoms with Crippen LogP contribution in [-0.4, -0.2) is 16.3 Å². The fourth-order valence-electron chi connectivity index (χ4n) is 3.12. The molecule has 4 rings (SSSR count). The topological polar surface area (TPSA) is 51.1 Å². The number of anilines is 1. The number of ketones is 1. The first-order chi connectivity index (χ1) is 13.5. The molecule has 1 amide bonds. The summed E-state index contributed by atoms with van der Waals surface area (Å²) in [6.07, 6.45) is 0.